The van der Waals surface area contributed by atoms with Crippen LogP contribution in [0.15, 0.2) is 18.2 Å². The van der Waals surface area contributed by atoms with Crippen LogP contribution < -0.4 is 9.47 Å². The minimum Gasteiger partial charge on any atom is -0.493 e. The molecule has 1 aromatic rings. The summed E-state index contributed by atoms with van der Waals surface area (Å²) in [7, 11) is 1.68. The molecule has 1 atom stereocenters. The van der Waals surface area contributed by atoms with E-state index in [1.807, 2.05) is 32.9 Å². The van der Waals surface area contributed by atoms with Gasteiger partial charge in [0.2, 0.25) is 0 Å². The van der Waals surface area contributed by atoms with E-state index in [0.717, 1.165) is 44.0 Å². The van der Waals surface area contributed by atoms with E-state index in [4.69, 9.17) is 9.47 Å². The van der Waals surface area contributed by atoms with E-state index in [9.17, 15) is 5.11 Å². The number of hydrogen-bond acceptors (Lipinski definition) is 4. The second kappa shape index (κ2) is 7.84. The van der Waals surface area contributed by atoms with Crippen LogP contribution in [0.2, 0.25) is 0 Å². The number of ether oxygens (including phenoxy) is 2. The van der Waals surface area contributed by atoms with Crippen LogP contribution in [-0.2, 0) is 6.54 Å². The molecule has 2 rings (SSSR count). The summed E-state index contributed by atoms with van der Waals surface area (Å²) in [6.07, 6.45) is 2.04. The van der Waals surface area contributed by atoms with Crippen molar-refractivity contribution in [3.05, 3.63) is 23.8 Å². The number of piperidine rings is 1. The average Bonchev–Trinajstić information content (AvgIpc) is 2.49. The van der Waals surface area contributed by atoms with Crippen molar-refractivity contribution in [1.82, 2.24) is 4.90 Å². The summed E-state index contributed by atoms with van der Waals surface area (Å²) in [4.78, 5) is 2.43. The second-order valence-corrected chi connectivity index (χ2v) is 6.47. The van der Waals surface area contributed by atoms with Crippen LogP contribution in [0.4, 0.5) is 0 Å². The van der Waals surface area contributed by atoms with Gasteiger partial charge in [-0.25, -0.2) is 0 Å². The molecule has 1 aliphatic rings. The van der Waals surface area contributed by atoms with Gasteiger partial charge in [0.15, 0.2) is 11.5 Å². The van der Waals surface area contributed by atoms with Gasteiger partial charge in [-0.15, -0.1) is 0 Å². The predicted octanol–water partition coefficient (Wildman–Crippen LogP) is 3.08. The van der Waals surface area contributed by atoms with Crippen molar-refractivity contribution in [3.8, 4) is 11.5 Å². The number of rotatable bonds is 6. The number of para-hydroxylation sites is 1. The maximum absolute atomic E-state index is 9.71. The van der Waals surface area contributed by atoms with Crippen molar-refractivity contribution in [2.75, 3.05) is 20.2 Å². The highest BCUT2D eigenvalue weighted by molar-refractivity contribution is 5.46. The van der Waals surface area contributed by atoms with Gasteiger partial charge in [-0.2, -0.15) is 0 Å². The first-order valence-corrected chi connectivity index (χ1v) is 8.24. The van der Waals surface area contributed by atoms with Crippen molar-refractivity contribution in [2.45, 2.75) is 52.4 Å². The quantitative estimate of drug-likeness (QED) is 0.877. The molecule has 4 nitrogen and oxygen atoms in total. The van der Waals surface area contributed by atoms with E-state index in [-0.39, 0.29) is 12.2 Å². The highest BCUT2D eigenvalue weighted by Crippen LogP contribution is 2.33. The Morgan fingerprint density at radius 1 is 1.23 bits per heavy atom. The number of likely N-dealkylation sites (tertiary alicyclic amines) is 1. The molecule has 1 N–H and O–H groups in total. The van der Waals surface area contributed by atoms with E-state index in [1.54, 1.807) is 7.11 Å². The standard InChI is InChI=1S/C18H29NO3/c1-13(2)22-18-16(6-5-7-17(18)21-4)12-19-10-8-15(9-11-19)14(3)20/h5-7,13-15,20H,8-12H2,1-4H3. The molecule has 22 heavy (non-hydrogen) atoms. The summed E-state index contributed by atoms with van der Waals surface area (Å²) in [6.45, 7) is 8.87. The van der Waals surface area contributed by atoms with E-state index in [0.29, 0.717) is 5.92 Å². The SMILES string of the molecule is COc1cccc(CN2CCC(C(C)O)CC2)c1OC(C)C. The smallest absolute Gasteiger partial charge is 0.166 e. The Morgan fingerprint density at radius 2 is 1.91 bits per heavy atom. The maximum Gasteiger partial charge on any atom is 0.166 e. The molecule has 1 aromatic carbocycles. The van der Waals surface area contributed by atoms with Gasteiger partial charge in [-0.1, -0.05) is 12.1 Å². The molecule has 0 aliphatic carbocycles. The summed E-state index contributed by atoms with van der Waals surface area (Å²) in [6, 6.07) is 6.08. The molecule has 1 unspecified atom stereocenters. The Morgan fingerprint density at radius 3 is 2.45 bits per heavy atom. The van der Waals surface area contributed by atoms with Gasteiger partial charge in [-0.3, -0.25) is 4.90 Å². The van der Waals surface area contributed by atoms with Gasteiger partial charge in [0.25, 0.3) is 0 Å². The molecule has 1 fully saturated rings. The van der Waals surface area contributed by atoms with Gasteiger partial charge in [0, 0.05) is 12.1 Å². The molecular formula is C18H29NO3. The van der Waals surface area contributed by atoms with Crippen LogP contribution in [0, 0.1) is 5.92 Å². The Labute approximate surface area is 134 Å². The van der Waals surface area contributed by atoms with Gasteiger partial charge in [0.05, 0.1) is 19.3 Å². The number of benzene rings is 1. The lowest BCUT2D eigenvalue weighted by Gasteiger charge is -2.33. The minimum atomic E-state index is -0.196. The molecule has 1 heterocycles. The third-order valence-corrected chi connectivity index (χ3v) is 4.34. The molecule has 0 spiro atoms. The van der Waals surface area contributed by atoms with E-state index in [2.05, 4.69) is 11.0 Å². The lowest BCUT2D eigenvalue weighted by molar-refractivity contribution is 0.0690. The van der Waals surface area contributed by atoms with Crippen molar-refractivity contribution < 1.29 is 14.6 Å². The van der Waals surface area contributed by atoms with Crippen LogP contribution in [0.25, 0.3) is 0 Å². The largest absolute Gasteiger partial charge is 0.493 e. The topological polar surface area (TPSA) is 41.9 Å². The third kappa shape index (κ3) is 4.37. The molecule has 4 heteroatoms. The Bertz CT molecular complexity index is 465. The Balaban J connectivity index is 2.06. The number of hydrogen-bond donors (Lipinski definition) is 1. The van der Waals surface area contributed by atoms with Crippen LogP contribution in [0.1, 0.15) is 39.2 Å². The lowest BCUT2D eigenvalue weighted by Crippen LogP contribution is -2.36. The first-order valence-electron chi connectivity index (χ1n) is 8.24. The Kier molecular flexibility index (Phi) is 6.09. The second-order valence-electron chi connectivity index (χ2n) is 6.47. The molecule has 1 aliphatic heterocycles. The predicted molar refractivity (Wildman–Crippen MR) is 88.4 cm³/mol. The zero-order valence-electron chi connectivity index (χ0n) is 14.2. The monoisotopic (exact) mass is 307 g/mol. The highest BCUT2D eigenvalue weighted by atomic mass is 16.5. The molecule has 124 valence electrons. The average molecular weight is 307 g/mol. The van der Waals surface area contributed by atoms with E-state index < -0.39 is 0 Å². The number of methoxy groups -OCH3 is 1. The highest BCUT2D eigenvalue weighted by Gasteiger charge is 2.23. The summed E-state index contributed by atoms with van der Waals surface area (Å²) in [5.41, 5.74) is 1.17. The van der Waals surface area contributed by atoms with Gasteiger partial charge < -0.3 is 14.6 Å². The zero-order valence-corrected chi connectivity index (χ0v) is 14.2. The number of nitrogens with zero attached hydrogens (tertiary/aromatic N) is 1. The fraction of sp³-hybridized carbons (Fsp3) is 0.667. The summed E-state index contributed by atoms with van der Waals surface area (Å²) in [5.74, 6) is 2.09. The molecule has 0 bridgehead atoms. The van der Waals surface area contributed by atoms with Crippen molar-refractivity contribution in [1.29, 1.82) is 0 Å². The fourth-order valence-electron chi connectivity index (χ4n) is 3.05. The van der Waals surface area contributed by atoms with Crippen LogP contribution >= 0.6 is 0 Å². The maximum atomic E-state index is 9.71. The Hall–Kier alpha value is -1.26. The molecule has 1 saturated heterocycles. The van der Waals surface area contributed by atoms with E-state index in [1.165, 1.54) is 5.56 Å². The minimum absolute atomic E-state index is 0.121. The van der Waals surface area contributed by atoms with Crippen LogP contribution in [0.5, 0.6) is 11.5 Å². The normalized spacial score (nSPS) is 18.5. The molecular weight excluding hydrogens is 278 g/mol. The van der Waals surface area contributed by atoms with Crippen LogP contribution in [0.3, 0.4) is 0 Å². The summed E-state index contributed by atoms with van der Waals surface area (Å²) >= 11 is 0. The third-order valence-electron chi connectivity index (χ3n) is 4.34. The van der Waals surface area contributed by atoms with E-state index >= 15 is 0 Å². The van der Waals surface area contributed by atoms with Gasteiger partial charge >= 0.3 is 0 Å². The number of aliphatic hydroxyl groups excluding tert-OH is 1. The van der Waals surface area contributed by atoms with Crippen LogP contribution in [-0.4, -0.2) is 42.4 Å². The zero-order chi connectivity index (χ0) is 16.1. The first-order chi connectivity index (χ1) is 10.5. The van der Waals surface area contributed by atoms with Gasteiger partial charge in [-0.05, 0) is 58.7 Å². The van der Waals surface area contributed by atoms with Gasteiger partial charge in [0.1, 0.15) is 0 Å². The number of aliphatic hydroxyl groups is 1. The molecule has 0 saturated carbocycles. The molecule has 0 aromatic heterocycles. The fourth-order valence-corrected chi connectivity index (χ4v) is 3.05. The molecule has 0 amide bonds. The lowest BCUT2D eigenvalue weighted by atomic mass is 9.92. The summed E-state index contributed by atoms with van der Waals surface area (Å²) in [5, 5.41) is 9.71. The van der Waals surface area contributed by atoms with Crippen molar-refractivity contribution >= 4 is 0 Å². The van der Waals surface area contributed by atoms with Crippen molar-refractivity contribution in [3.63, 3.8) is 0 Å². The van der Waals surface area contributed by atoms with Crippen molar-refractivity contribution in [2.24, 2.45) is 5.92 Å². The molecule has 0 radical (unpaired) electrons. The summed E-state index contributed by atoms with van der Waals surface area (Å²) < 4.78 is 11.4. The first kappa shape index (κ1) is 17.1.